The minimum Gasteiger partial charge on any atom is -0.479 e. The molecule has 1 aliphatic heterocycles. The highest BCUT2D eigenvalue weighted by molar-refractivity contribution is 5.72. The number of piperidine rings is 1. The number of nitrogens with zero attached hydrogens (tertiary/aromatic N) is 1. The molecular formula is C14H25NO3. The van der Waals surface area contributed by atoms with Gasteiger partial charge in [-0.05, 0) is 51.1 Å². The molecule has 1 saturated heterocycles. The molecule has 0 radical (unpaired) electrons. The fourth-order valence-corrected chi connectivity index (χ4v) is 3.47. The molecule has 0 aromatic heterocycles. The highest BCUT2D eigenvalue weighted by Gasteiger charge is 2.37. The van der Waals surface area contributed by atoms with Crippen LogP contribution in [-0.4, -0.2) is 48.3 Å². The molecule has 0 amide bonds. The number of hydrogen-bond acceptors (Lipinski definition) is 3. The molecule has 4 heteroatoms. The van der Waals surface area contributed by atoms with Gasteiger partial charge in [-0.3, -0.25) is 0 Å². The molecule has 2 aliphatic rings. The van der Waals surface area contributed by atoms with E-state index in [9.17, 15) is 4.79 Å². The molecule has 18 heavy (non-hydrogen) atoms. The van der Waals surface area contributed by atoms with E-state index in [0.29, 0.717) is 18.6 Å². The Morgan fingerprint density at radius 3 is 2.39 bits per heavy atom. The third kappa shape index (κ3) is 3.23. The third-order valence-electron chi connectivity index (χ3n) is 4.65. The number of rotatable bonds is 5. The quantitative estimate of drug-likeness (QED) is 0.817. The second kappa shape index (κ2) is 6.02. The predicted octanol–water partition coefficient (Wildman–Crippen LogP) is 2.13. The molecule has 1 atom stereocenters. The van der Waals surface area contributed by atoms with E-state index in [0.717, 1.165) is 13.1 Å². The SMILES string of the molecule is CCOC(CN1CCC2(CCCC2)CC1)C(=O)O. The molecule has 1 saturated carbocycles. The number of likely N-dealkylation sites (tertiary alicyclic amines) is 1. The van der Waals surface area contributed by atoms with Crippen LogP contribution in [0.5, 0.6) is 0 Å². The van der Waals surface area contributed by atoms with Crippen molar-refractivity contribution in [2.24, 2.45) is 5.41 Å². The second-order valence-corrected chi connectivity index (χ2v) is 5.79. The van der Waals surface area contributed by atoms with Gasteiger partial charge >= 0.3 is 5.97 Å². The van der Waals surface area contributed by atoms with E-state index in [1.54, 1.807) is 0 Å². The first-order valence-corrected chi connectivity index (χ1v) is 7.22. The van der Waals surface area contributed by atoms with Gasteiger partial charge in [0.05, 0.1) is 0 Å². The summed E-state index contributed by atoms with van der Waals surface area (Å²) in [5.41, 5.74) is 0.598. The van der Waals surface area contributed by atoms with Crippen molar-refractivity contribution < 1.29 is 14.6 Å². The fourth-order valence-electron chi connectivity index (χ4n) is 3.47. The van der Waals surface area contributed by atoms with E-state index < -0.39 is 12.1 Å². The number of ether oxygens (including phenoxy) is 1. The van der Waals surface area contributed by atoms with Gasteiger partial charge in [0.1, 0.15) is 0 Å². The van der Waals surface area contributed by atoms with Crippen molar-refractivity contribution in [2.75, 3.05) is 26.2 Å². The first kappa shape index (κ1) is 13.8. The maximum absolute atomic E-state index is 11.1. The Kier molecular flexibility index (Phi) is 4.62. The zero-order valence-electron chi connectivity index (χ0n) is 11.4. The van der Waals surface area contributed by atoms with Crippen LogP contribution in [0.15, 0.2) is 0 Å². The number of carbonyl (C=O) groups is 1. The lowest BCUT2D eigenvalue weighted by Gasteiger charge is -2.40. The van der Waals surface area contributed by atoms with Crippen molar-refractivity contribution in [1.82, 2.24) is 4.90 Å². The molecule has 0 aromatic rings. The first-order chi connectivity index (χ1) is 8.65. The second-order valence-electron chi connectivity index (χ2n) is 5.79. The van der Waals surface area contributed by atoms with Gasteiger partial charge in [-0.25, -0.2) is 4.79 Å². The summed E-state index contributed by atoms with van der Waals surface area (Å²) in [5.74, 6) is -0.835. The van der Waals surface area contributed by atoms with Gasteiger partial charge in [-0.1, -0.05) is 12.8 Å². The van der Waals surface area contributed by atoms with Gasteiger partial charge in [0.25, 0.3) is 0 Å². The average molecular weight is 255 g/mol. The van der Waals surface area contributed by atoms with Crippen LogP contribution in [0, 0.1) is 5.41 Å². The lowest BCUT2D eigenvalue weighted by atomic mass is 9.77. The van der Waals surface area contributed by atoms with E-state index in [4.69, 9.17) is 9.84 Å². The summed E-state index contributed by atoms with van der Waals surface area (Å²) in [6.07, 6.45) is 7.36. The van der Waals surface area contributed by atoms with Crippen LogP contribution < -0.4 is 0 Å². The highest BCUT2D eigenvalue weighted by Crippen LogP contribution is 2.46. The topological polar surface area (TPSA) is 49.8 Å². The molecule has 0 aromatic carbocycles. The fraction of sp³-hybridized carbons (Fsp3) is 0.929. The zero-order chi connectivity index (χ0) is 13.0. The third-order valence-corrected chi connectivity index (χ3v) is 4.65. The molecule has 1 N–H and O–H groups in total. The largest absolute Gasteiger partial charge is 0.479 e. The van der Waals surface area contributed by atoms with Crippen molar-refractivity contribution >= 4 is 5.97 Å². The molecule has 4 nitrogen and oxygen atoms in total. The van der Waals surface area contributed by atoms with Crippen molar-refractivity contribution in [1.29, 1.82) is 0 Å². The lowest BCUT2D eigenvalue weighted by Crippen LogP contribution is -2.45. The molecule has 104 valence electrons. The van der Waals surface area contributed by atoms with Crippen LogP contribution in [0.1, 0.15) is 45.4 Å². The zero-order valence-corrected chi connectivity index (χ0v) is 11.4. The van der Waals surface area contributed by atoms with Gasteiger partial charge in [0.15, 0.2) is 6.10 Å². The summed E-state index contributed by atoms with van der Waals surface area (Å²) in [4.78, 5) is 13.3. The van der Waals surface area contributed by atoms with Gasteiger partial charge < -0.3 is 14.7 Å². The van der Waals surface area contributed by atoms with E-state index in [-0.39, 0.29) is 0 Å². The summed E-state index contributed by atoms with van der Waals surface area (Å²) in [7, 11) is 0. The molecule has 0 bridgehead atoms. The minimum absolute atomic E-state index is 0.467. The summed E-state index contributed by atoms with van der Waals surface area (Å²) >= 11 is 0. The van der Waals surface area contributed by atoms with Crippen molar-refractivity contribution in [3.05, 3.63) is 0 Å². The van der Waals surface area contributed by atoms with Crippen LogP contribution in [0.4, 0.5) is 0 Å². The summed E-state index contributed by atoms with van der Waals surface area (Å²) in [5, 5.41) is 9.09. The monoisotopic (exact) mass is 255 g/mol. The Bertz CT molecular complexity index is 277. The predicted molar refractivity (Wildman–Crippen MR) is 69.6 cm³/mol. The first-order valence-electron chi connectivity index (χ1n) is 7.22. The Morgan fingerprint density at radius 2 is 1.89 bits per heavy atom. The van der Waals surface area contributed by atoms with Gasteiger partial charge in [0, 0.05) is 13.2 Å². The van der Waals surface area contributed by atoms with E-state index in [2.05, 4.69) is 4.90 Å². The van der Waals surface area contributed by atoms with E-state index in [1.165, 1.54) is 38.5 Å². The lowest BCUT2D eigenvalue weighted by molar-refractivity contribution is -0.151. The van der Waals surface area contributed by atoms with Crippen LogP contribution in [0.3, 0.4) is 0 Å². The summed E-state index contributed by atoms with van der Waals surface area (Å²) in [6, 6.07) is 0. The van der Waals surface area contributed by atoms with Crippen molar-refractivity contribution in [3.8, 4) is 0 Å². The normalized spacial score (nSPS) is 25.4. The average Bonchev–Trinajstić information content (AvgIpc) is 2.80. The molecule has 2 rings (SSSR count). The number of carboxylic acids is 1. The van der Waals surface area contributed by atoms with E-state index in [1.807, 2.05) is 6.92 Å². The van der Waals surface area contributed by atoms with Crippen LogP contribution in [0.2, 0.25) is 0 Å². The van der Waals surface area contributed by atoms with Crippen molar-refractivity contribution in [3.63, 3.8) is 0 Å². The molecule has 1 aliphatic carbocycles. The summed E-state index contributed by atoms with van der Waals surface area (Å²) < 4.78 is 5.28. The minimum atomic E-state index is -0.835. The standard InChI is InChI=1S/C14H25NO3/c1-2-18-12(13(16)17)11-15-9-7-14(8-10-15)5-3-4-6-14/h12H,2-11H2,1H3,(H,16,17). The highest BCUT2D eigenvalue weighted by atomic mass is 16.5. The van der Waals surface area contributed by atoms with E-state index >= 15 is 0 Å². The van der Waals surface area contributed by atoms with Gasteiger partial charge in [-0.15, -0.1) is 0 Å². The Labute approximate surface area is 109 Å². The smallest absolute Gasteiger partial charge is 0.334 e. The Morgan fingerprint density at radius 1 is 1.28 bits per heavy atom. The maximum Gasteiger partial charge on any atom is 0.334 e. The molecule has 1 spiro atoms. The van der Waals surface area contributed by atoms with Gasteiger partial charge in [-0.2, -0.15) is 0 Å². The van der Waals surface area contributed by atoms with Crippen LogP contribution in [-0.2, 0) is 9.53 Å². The van der Waals surface area contributed by atoms with Gasteiger partial charge in [0.2, 0.25) is 0 Å². The maximum atomic E-state index is 11.1. The number of hydrogen-bond donors (Lipinski definition) is 1. The molecular weight excluding hydrogens is 230 g/mol. The summed E-state index contributed by atoms with van der Waals surface area (Å²) in [6.45, 7) is 4.93. The van der Waals surface area contributed by atoms with Crippen molar-refractivity contribution in [2.45, 2.75) is 51.6 Å². The van der Waals surface area contributed by atoms with Crippen LogP contribution in [0.25, 0.3) is 0 Å². The Balaban J connectivity index is 1.80. The van der Waals surface area contributed by atoms with Crippen LogP contribution >= 0.6 is 0 Å². The molecule has 2 fully saturated rings. The number of aliphatic carboxylic acids is 1. The molecule has 1 heterocycles. The molecule has 1 unspecified atom stereocenters. The Hall–Kier alpha value is -0.610. The number of carboxylic acid groups (broad SMARTS) is 1.